The van der Waals surface area contributed by atoms with Crippen molar-refractivity contribution in [2.24, 2.45) is 5.73 Å². The van der Waals surface area contributed by atoms with Gasteiger partial charge in [-0.05, 0) is 0 Å². The Hall–Kier alpha value is -0.000000000000000111. The van der Waals surface area contributed by atoms with Crippen LogP contribution in [-0.2, 0) is 10.3 Å². The summed E-state index contributed by atoms with van der Waals surface area (Å²) in [6.07, 6.45) is 0. The Labute approximate surface area is 96.7 Å². The van der Waals surface area contributed by atoms with Gasteiger partial charge in [-0.2, -0.15) is 0 Å². The van der Waals surface area contributed by atoms with Gasteiger partial charge in [-0.15, -0.1) is 0 Å². The summed E-state index contributed by atoms with van der Waals surface area (Å²) in [5.74, 6) is 0.611. The molecule has 7 heteroatoms. The number of nitrogens with zero attached hydrogens (tertiary/aromatic N) is 1. The van der Waals surface area contributed by atoms with Crippen molar-refractivity contribution >= 4 is 34.8 Å². The molecule has 14 heavy (non-hydrogen) atoms. The van der Waals surface area contributed by atoms with Crippen LogP contribution in [0.3, 0.4) is 0 Å². The first-order chi connectivity index (χ1) is 6.54. The van der Waals surface area contributed by atoms with Crippen molar-refractivity contribution in [1.82, 2.24) is 10.5 Å². The van der Waals surface area contributed by atoms with Crippen molar-refractivity contribution in [2.45, 2.75) is 10.3 Å². The Morgan fingerprint density at radius 2 is 2.21 bits per heavy atom. The van der Waals surface area contributed by atoms with E-state index in [0.29, 0.717) is 25.4 Å². The summed E-state index contributed by atoms with van der Waals surface area (Å²) in [4.78, 5) is 0. The molecule has 0 saturated heterocycles. The maximum atomic E-state index is 5.60. The zero-order valence-electron chi connectivity index (χ0n) is 7.27. The molecule has 0 aliphatic carbocycles. The second kappa shape index (κ2) is 5.19. The second-order valence-corrected chi connectivity index (χ2v) is 4.92. The lowest BCUT2D eigenvalue weighted by Crippen LogP contribution is -2.21. The molecule has 0 bridgehead atoms. The number of alkyl halides is 3. The van der Waals surface area contributed by atoms with Gasteiger partial charge in [0.15, 0.2) is 5.76 Å². The fourth-order valence-corrected chi connectivity index (χ4v) is 1.11. The third-order valence-corrected chi connectivity index (χ3v) is 2.05. The quantitative estimate of drug-likeness (QED) is 0.635. The topological polar surface area (TPSA) is 64.1 Å². The van der Waals surface area contributed by atoms with Gasteiger partial charge < -0.3 is 15.6 Å². The summed E-state index contributed by atoms with van der Waals surface area (Å²) in [5, 5.41) is 6.65. The van der Waals surface area contributed by atoms with E-state index in [1.807, 2.05) is 0 Å². The molecule has 3 N–H and O–H groups in total. The van der Waals surface area contributed by atoms with E-state index in [1.165, 1.54) is 0 Å². The van der Waals surface area contributed by atoms with Crippen LogP contribution in [-0.4, -0.2) is 18.2 Å². The van der Waals surface area contributed by atoms with E-state index in [9.17, 15) is 0 Å². The van der Waals surface area contributed by atoms with E-state index in [0.717, 1.165) is 0 Å². The van der Waals surface area contributed by atoms with Crippen LogP contribution in [0.15, 0.2) is 10.6 Å². The van der Waals surface area contributed by atoms with Crippen LogP contribution in [0.2, 0.25) is 0 Å². The molecule has 0 saturated carbocycles. The maximum absolute atomic E-state index is 5.60. The molecule has 0 fully saturated rings. The number of nitrogens with two attached hydrogens (primary N) is 1. The Balaban J connectivity index is 2.51. The van der Waals surface area contributed by atoms with Crippen LogP contribution in [0.4, 0.5) is 0 Å². The summed E-state index contributed by atoms with van der Waals surface area (Å²) in [6, 6.07) is 1.59. The maximum Gasteiger partial charge on any atom is 0.235 e. The van der Waals surface area contributed by atoms with E-state index in [-0.39, 0.29) is 5.69 Å². The lowest BCUT2D eigenvalue weighted by Gasteiger charge is -2.03. The van der Waals surface area contributed by atoms with Gasteiger partial charge >= 0.3 is 0 Å². The summed E-state index contributed by atoms with van der Waals surface area (Å²) in [7, 11) is 0. The third kappa shape index (κ3) is 3.63. The lowest BCUT2D eigenvalue weighted by molar-refractivity contribution is 0.369. The van der Waals surface area contributed by atoms with Crippen LogP contribution < -0.4 is 11.1 Å². The highest BCUT2D eigenvalue weighted by atomic mass is 35.6. The van der Waals surface area contributed by atoms with Crippen LogP contribution in [0.1, 0.15) is 11.5 Å². The zero-order valence-corrected chi connectivity index (χ0v) is 9.53. The van der Waals surface area contributed by atoms with Crippen molar-refractivity contribution in [3.05, 3.63) is 17.5 Å². The van der Waals surface area contributed by atoms with Crippen molar-refractivity contribution < 1.29 is 4.52 Å². The molecule has 80 valence electrons. The number of hydrogen-bond donors (Lipinski definition) is 2. The van der Waals surface area contributed by atoms with Crippen molar-refractivity contribution in [1.29, 1.82) is 0 Å². The van der Waals surface area contributed by atoms with E-state index in [1.54, 1.807) is 6.07 Å². The molecule has 0 spiro atoms. The van der Waals surface area contributed by atoms with Gasteiger partial charge in [0.05, 0.1) is 6.54 Å². The normalized spacial score (nSPS) is 12.0. The summed E-state index contributed by atoms with van der Waals surface area (Å²) >= 11 is 16.8. The van der Waals surface area contributed by atoms with Gasteiger partial charge in [0.1, 0.15) is 5.69 Å². The smallest absolute Gasteiger partial charge is 0.235 e. The van der Waals surface area contributed by atoms with Gasteiger partial charge in [0.25, 0.3) is 0 Å². The second-order valence-electron chi connectivity index (χ2n) is 2.64. The first-order valence-electron chi connectivity index (χ1n) is 3.97. The van der Waals surface area contributed by atoms with Gasteiger partial charge in [0, 0.05) is 19.2 Å². The summed E-state index contributed by atoms with van der Waals surface area (Å²) in [6.45, 7) is 1.78. The van der Waals surface area contributed by atoms with Gasteiger partial charge in [-0.1, -0.05) is 40.0 Å². The monoisotopic (exact) mass is 257 g/mol. The fraction of sp³-hybridized carbons (Fsp3) is 0.571. The van der Waals surface area contributed by atoms with E-state index >= 15 is 0 Å². The predicted molar refractivity (Wildman–Crippen MR) is 56.5 cm³/mol. The molecule has 1 aromatic heterocycles. The molecule has 0 atom stereocenters. The first-order valence-corrected chi connectivity index (χ1v) is 5.11. The molecule has 0 radical (unpaired) electrons. The molecule has 1 heterocycles. The Morgan fingerprint density at radius 3 is 2.71 bits per heavy atom. The molecule has 1 aromatic rings. The molecule has 4 nitrogen and oxygen atoms in total. The lowest BCUT2D eigenvalue weighted by atomic mass is 10.4. The zero-order chi connectivity index (χ0) is 10.6. The summed E-state index contributed by atoms with van der Waals surface area (Å²) < 4.78 is 3.40. The standard InChI is InChI=1S/C7H10Cl3N3O/c8-7(9,10)6-3-5(14-13-6)4-12-2-1-11/h3,12H,1-2,4,11H2. The molecule has 0 amide bonds. The van der Waals surface area contributed by atoms with Crippen LogP contribution in [0, 0.1) is 0 Å². The van der Waals surface area contributed by atoms with Gasteiger partial charge in [-0.3, -0.25) is 0 Å². The van der Waals surface area contributed by atoms with Crippen molar-refractivity contribution in [2.75, 3.05) is 13.1 Å². The molecular formula is C7H10Cl3N3O. The molecule has 0 aliphatic rings. The number of halogens is 3. The SMILES string of the molecule is NCCNCc1cc(C(Cl)(Cl)Cl)no1. The Morgan fingerprint density at radius 1 is 1.50 bits per heavy atom. The van der Waals surface area contributed by atoms with Gasteiger partial charge in [-0.25, -0.2) is 0 Å². The van der Waals surface area contributed by atoms with Crippen molar-refractivity contribution in [3.63, 3.8) is 0 Å². The van der Waals surface area contributed by atoms with Crippen LogP contribution >= 0.6 is 34.8 Å². The highest BCUT2D eigenvalue weighted by Crippen LogP contribution is 2.37. The average Bonchev–Trinajstić information content (AvgIpc) is 2.52. The largest absolute Gasteiger partial charge is 0.360 e. The minimum Gasteiger partial charge on any atom is -0.360 e. The summed E-state index contributed by atoms with van der Waals surface area (Å²) in [5.41, 5.74) is 5.58. The molecule has 0 aliphatic heterocycles. The Bertz CT molecular complexity index is 284. The minimum atomic E-state index is -1.53. The van der Waals surface area contributed by atoms with Crippen LogP contribution in [0.25, 0.3) is 0 Å². The first kappa shape index (κ1) is 12.1. The fourth-order valence-electron chi connectivity index (χ4n) is 0.844. The van der Waals surface area contributed by atoms with Crippen molar-refractivity contribution in [3.8, 4) is 0 Å². The molecule has 0 unspecified atom stereocenters. The highest BCUT2D eigenvalue weighted by molar-refractivity contribution is 6.66. The number of aromatic nitrogens is 1. The van der Waals surface area contributed by atoms with Crippen LogP contribution in [0.5, 0.6) is 0 Å². The highest BCUT2D eigenvalue weighted by Gasteiger charge is 2.27. The Kier molecular flexibility index (Phi) is 4.47. The van der Waals surface area contributed by atoms with E-state index in [2.05, 4.69) is 10.5 Å². The third-order valence-electron chi connectivity index (χ3n) is 1.47. The molecule has 1 rings (SSSR count). The van der Waals surface area contributed by atoms with E-state index in [4.69, 9.17) is 45.1 Å². The predicted octanol–water partition coefficient (Wildman–Crippen LogP) is 1.55. The molecular weight excluding hydrogens is 248 g/mol. The number of hydrogen-bond acceptors (Lipinski definition) is 4. The molecule has 0 aromatic carbocycles. The number of nitrogens with one attached hydrogen (secondary N) is 1. The average molecular weight is 259 g/mol. The minimum absolute atomic E-state index is 0.284. The number of rotatable bonds is 4. The van der Waals surface area contributed by atoms with Gasteiger partial charge in [0.2, 0.25) is 3.79 Å². The van der Waals surface area contributed by atoms with E-state index < -0.39 is 3.79 Å².